The second-order valence-corrected chi connectivity index (χ2v) is 5.79. The van der Waals surface area contributed by atoms with Crippen LogP contribution >= 0.6 is 22.6 Å². The lowest BCUT2D eigenvalue weighted by atomic mass is 10.1. The Morgan fingerprint density at radius 2 is 1.81 bits per heavy atom. The molecule has 0 fully saturated rings. The van der Waals surface area contributed by atoms with Gasteiger partial charge in [-0.1, -0.05) is 24.3 Å². The lowest BCUT2D eigenvalue weighted by Gasteiger charge is -1.98. The van der Waals surface area contributed by atoms with Gasteiger partial charge in [0.05, 0.1) is 11.9 Å². The predicted octanol–water partition coefficient (Wildman–Crippen LogP) is 3.66. The van der Waals surface area contributed by atoms with Crippen molar-refractivity contribution in [1.29, 1.82) is 0 Å². The van der Waals surface area contributed by atoms with Crippen molar-refractivity contribution in [3.8, 4) is 22.6 Å². The van der Waals surface area contributed by atoms with Crippen LogP contribution in [0.25, 0.3) is 28.4 Å². The summed E-state index contributed by atoms with van der Waals surface area (Å²) in [6, 6.07) is 8.03. The standard InChI is InChI=1S/C15H9IN4O/c16-12-5-18-15-19-13(8-20(15)7-12)10-1-3-11(4-2-10)14-6-17-9-21-14/h1-9H. The highest BCUT2D eigenvalue weighted by atomic mass is 127. The van der Waals surface area contributed by atoms with Crippen LogP contribution in [0, 0.1) is 3.57 Å². The highest BCUT2D eigenvalue weighted by Crippen LogP contribution is 2.24. The van der Waals surface area contributed by atoms with Crippen molar-refractivity contribution >= 4 is 28.4 Å². The Balaban J connectivity index is 1.74. The molecule has 6 heteroatoms. The Kier molecular flexibility index (Phi) is 2.95. The molecule has 0 bridgehead atoms. The quantitative estimate of drug-likeness (QED) is 0.492. The van der Waals surface area contributed by atoms with Gasteiger partial charge in [0, 0.05) is 33.3 Å². The van der Waals surface area contributed by atoms with Crippen LogP contribution in [0.3, 0.4) is 0 Å². The smallest absolute Gasteiger partial charge is 0.234 e. The topological polar surface area (TPSA) is 56.2 Å². The summed E-state index contributed by atoms with van der Waals surface area (Å²) in [7, 11) is 0. The Morgan fingerprint density at radius 3 is 2.57 bits per heavy atom. The van der Waals surface area contributed by atoms with E-state index in [9.17, 15) is 0 Å². The van der Waals surface area contributed by atoms with Gasteiger partial charge in [-0.2, -0.15) is 0 Å². The van der Waals surface area contributed by atoms with Crippen LogP contribution in [-0.2, 0) is 0 Å². The number of aromatic nitrogens is 4. The fourth-order valence-corrected chi connectivity index (χ4v) is 2.60. The van der Waals surface area contributed by atoms with Crippen molar-refractivity contribution in [3.63, 3.8) is 0 Å². The molecule has 0 aliphatic carbocycles. The molecule has 102 valence electrons. The summed E-state index contributed by atoms with van der Waals surface area (Å²) in [6.45, 7) is 0. The fourth-order valence-electron chi connectivity index (χ4n) is 2.16. The highest BCUT2D eigenvalue weighted by molar-refractivity contribution is 14.1. The minimum atomic E-state index is 0.699. The molecular weight excluding hydrogens is 379 g/mol. The SMILES string of the molecule is Ic1cnc2nc(-c3ccc(-c4cnco4)cc3)cn2c1. The molecule has 3 heterocycles. The molecule has 4 aromatic rings. The summed E-state index contributed by atoms with van der Waals surface area (Å²) in [4.78, 5) is 12.8. The first-order valence-corrected chi connectivity index (χ1v) is 7.37. The van der Waals surface area contributed by atoms with E-state index in [1.807, 2.05) is 41.1 Å². The Bertz CT molecular complexity index is 897. The third kappa shape index (κ3) is 2.31. The van der Waals surface area contributed by atoms with Crippen molar-refractivity contribution < 1.29 is 4.42 Å². The Hall–Kier alpha value is -2.22. The van der Waals surface area contributed by atoms with Gasteiger partial charge in [0.2, 0.25) is 5.78 Å². The molecule has 0 aliphatic rings. The van der Waals surface area contributed by atoms with E-state index in [0.717, 1.165) is 26.2 Å². The maximum atomic E-state index is 5.28. The van der Waals surface area contributed by atoms with Crippen molar-refractivity contribution in [2.75, 3.05) is 0 Å². The zero-order valence-corrected chi connectivity index (χ0v) is 12.9. The summed E-state index contributed by atoms with van der Waals surface area (Å²) < 4.78 is 8.29. The maximum Gasteiger partial charge on any atom is 0.234 e. The van der Waals surface area contributed by atoms with Gasteiger partial charge in [-0.05, 0) is 22.6 Å². The van der Waals surface area contributed by atoms with Gasteiger partial charge in [-0.25, -0.2) is 15.0 Å². The van der Waals surface area contributed by atoms with Gasteiger partial charge < -0.3 is 4.42 Å². The average Bonchev–Trinajstić information content (AvgIpc) is 3.16. The minimum absolute atomic E-state index is 0.699. The number of fused-ring (bicyclic) bond motifs is 1. The van der Waals surface area contributed by atoms with E-state index in [4.69, 9.17) is 4.42 Å². The molecule has 0 saturated carbocycles. The molecule has 3 aromatic heterocycles. The number of rotatable bonds is 2. The van der Waals surface area contributed by atoms with Crippen LogP contribution in [0.4, 0.5) is 0 Å². The first-order chi connectivity index (χ1) is 10.3. The molecule has 1 aromatic carbocycles. The van der Waals surface area contributed by atoms with E-state index in [-0.39, 0.29) is 0 Å². The second kappa shape index (κ2) is 4.96. The third-order valence-corrected chi connectivity index (χ3v) is 3.73. The van der Waals surface area contributed by atoms with Crippen molar-refractivity contribution in [2.45, 2.75) is 0 Å². The third-order valence-electron chi connectivity index (χ3n) is 3.18. The van der Waals surface area contributed by atoms with Gasteiger partial charge in [0.1, 0.15) is 0 Å². The molecular formula is C15H9IN4O. The van der Waals surface area contributed by atoms with Gasteiger partial charge >= 0.3 is 0 Å². The molecule has 0 amide bonds. The Labute approximate surface area is 133 Å². The average molecular weight is 388 g/mol. The van der Waals surface area contributed by atoms with Crippen LogP contribution in [0.15, 0.2) is 59.9 Å². The van der Waals surface area contributed by atoms with E-state index < -0.39 is 0 Å². The van der Waals surface area contributed by atoms with Crippen molar-refractivity contribution in [2.24, 2.45) is 0 Å². The van der Waals surface area contributed by atoms with Crippen LogP contribution in [0.1, 0.15) is 0 Å². The van der Waals surface area contributed by atoms with E-state index in [0.29, 0.717) is 5.78 Å². The number of imidazole rings is 1. The summed E-state index contributed by atoms with van der Waals surface area (Å²) in [5, 5.41) is 0. The predicted molar refractivity (Wildman–Crippen MR) is 86.6 cm³/mol. The normalized spacial score (nSPS) is 11.1. The monoisotopic (exact) mass is 388 g/mol. The summed E-state index contributed by atoms with van der Waals surface area (Å²) in [6.07, 6.45) is 8.92. The molecule has 4 rings (SSSR count). The fraction of sp³-hybridized carbons (Fsp3) is 0. The number of hydrogen-bond acceptors (Lipinski definition) is 4. The van der Waals surface area contributed by atoms with E-state index in [1.54, 1.807) is 12.4 Å². The van der Waals surface area contributed by atoms with Crippen LogP contribution < -0.4 is 0 Å². The first kappa shape index (κ1) is 12.5. The van der Waals surface area contributed by atoms with Crippen LogP contribution in [0.5, 0.6) is 0 Å². The molecule has 21 heavy (non-hydrogen) atoms. The molecule has 0 aliphatic heterocycles. The molecule has 0 spiro atoms. The largest absolute Gasteiger partial charge is 0.444 e. The van der Waals surface area contributed by atoms with Crippen molar-refractivity contribution in [1.82, 2.24) is 19.4 Å². The highest BCUT2D eigenvalue weighted by Gasteiger charge is 2.07. The van der Waals surface area contributed by atoms with E-state index in [2.05, 4.69) is 37.5 Å². The number of benzene rings is 1. The van der Waals surface area contributed by atoms with E-state index in [1.165, 1.54) is 6.39 Å². The second-order valence-electron chi connectivity index (χ2n) is 4.55. The molecule has 0 unspecified atom stereocenters. The number of oxazole rings is 1. The number of nitrogens with zero attached hydrogens (tertiary/aromatic N) is 4. The lowest BCUT2D eigenvalue weighted by Crippen LogP contribution is -1.87. The molecule has 0 radical (unpaired) electrons. The zero-order chi connectivity index (χ0) is 14.2. The first-order valence-electron chi connectivity index (χ1n) is 6.29. The summed E-state index contributed by atoms with van der Waals surface area (Å²) >= 11 is 2.23. The van der Waals surface area contributed by atoms with Gasteiger partial charge in [-0.3, -0.25) is 4.40 Å². The van der Waals surface area contributed by atoms with Crippen molar-refractivity contribution in [3.05, 3.63) is 59.0 Å². The number of halogens is 1. The van der Waals surface area contributed by atoms with E-state index >= 15 is 0 Å². The summed E-state index contributed by atoms with van der Waals surface area (Å²) in [5.74, 6) is 1.46. The van der Waals surface area contributed by atoms with Crippen LogP contribution in [-0.4, -0.2) is 19.4 Å². The molecule has 0 atom stereocenters. The molecule has 0 N–H and O–H groups in total. The Morgan fingerprint density at radius 1 is 1.00 bits per heavy atom. The molecule has 5 nitrogen and oxygen atoms in total. The lowest BCUT2D eigenvalue weighted by molar-refractivity contribution is 0.572. The van der Waals surface area contributed by atoms with Gasteiger partial charge in [0.15, 0.2) is 12.2 Å². The zero-order valence-electron chi connectivity index (χ0n) is 10.8. The van der Waals surface area contributed by atoms with Gasteiger partial charge in [-0.15, -0.1) is 0 Å². The van der Waals surface area contributed by atoms with Gasteiger partial charge in [0.25, 0.3) is 0 Å². The van der Waals surface area contributed by atoms with Crippen LogP contribution in [0.2, 0.25) is 0 Å². The minimum Gasteiger partial charge on any atom is -0.444 e. The maximum absolute atomic E-state index is 5.28. The number of hydrogen-bond donors (Lipinski definition) is 0. The molecule has 0 saturated heterocycles. The summed E-state index contributed by atoms with van der Waals surface area (Å²) in [5.41, 5.74) is 2.93.